The van der Waals surface area contributed by atoms with Gasteiger partial charge in [-0.2, -0.15) is 0 Å². The fourth-order valence-electron chi connectivity index (χ4n) is 2.73. The summed E-state index contributed by atoms with van der Waals surface area (Å²) in [5.74, 6) is 1.29. The summed E-state index contributed by atoms with van der Waals surface area (Å²) in [4.78, 5) is 18.4. The standard InChI is InChI=1S/C14H24N4O/c1-11-9-18(10-12(2)16-11)14(19)5-4-7-17-8-6-15-13(17)3/h6,8,11-12,16H,4-5,7,9-10H2,1-3H3. The fourth-order valence-corrected chi connectivity index (χ4v) is 2.73. The summed E-state index contributed by atoms with van der Waals surface area (Å²) in [7, 11) is 0. The van der Waals surface area contributed by atoms with E-state index in [0.29, 0.717) is 18.5 Å². The third kappa shape index (κ3) is 3.80. The van der Waals surface area contributed by atoms with Gasteiger partial charge in [0, 0.05) is 50.5 Å². The van der Waals surface area contributed by atoms with Crippen molar-refractivity contribution < 1.29 is 4.79 Å². The maximum atomic E-state index is 12.2. The quantitative estimate of drug-likeness (QED) is 0.888. The highest BCUT2D eigenvalue weighted by atomic mass is 16.2. The Labute approximate surface area is 115 Å². The Kier molecular flexibility index (Phi) is 4.58. The van der Waals surface area contributed by atoms with Crippen LogP contribution in [0.25, 0.3) is 0 Å². The van der Waals surface area contributed by atoms with Crippen LogP contribution in [-0.4, -0.2) is 45.5 Å². The molecule has 2 atom stereocenters. The number of amides is 1. The molecule has 2 rings (SSSR count). The van der Waals surface area contributed by atoms with E-state index in [-0.39, 0.29) is 5.91 Å². The largest absolute Gasteiger partial charge is 0.340 e. The van der Waals surface area contributed by atoms with Gasteiger partial charge in [-0.3, -0.25) is 4.79 Å². The molecule has 2 unspecified atom stereocenters. The Hall–Kier alpha value is -1.36. The Morgan fingerprint density at radius 1 is 1.42 bits per heavy atom. The monoisotopic (exact) mass is 264 g/mol. The summed E-state index contributed by atoms with van der Waals surface area (Å²) in [6.45, 7) is 8.77. The SMILES string of the molecule is Cc1nccn1CCCC(=O)N1CC(C)NC(C)C1. The van der Waals surface area contributed by atoms with Gasteiger partial charge in [-0.15, -0.1) is 0 Å². The highest BCUT2D eigenvalue weighted by Crippen LogP contribution is 2.08. The topological polar surface area (TPSA) is 50.2 Å². The lowest BCUT2D eigenvalue weighted by molar-refractivity contribution is -0.133. The van der Waals surface area contributed by atoms with Crippen molar-refractivity contribution in [1.29, 1.82) is 0 Å². The van der Waals surface area contributed by atoms with E-state index in [4.69, 9.17) is 0 Å². The van der Waals surface area contributed by atoms with Crippen LogP contribution < -0.4 is 5.32 Å². The van der Waals surface area contributed by atoms with Crippen molar-refractivity contribution in [2.75, 3.05) is 13.1 Å². The number of hydrogen-bond acceptors (Lipinski definition) is 3. The first-order valence-electron chi connectivity index (χ1n) is 7.08. The van der Waals surface area contributed by atoms with Crippen molar-refractivity contribution in [2.45, 2.75) is 52.2 Å². The second-order valence-corrected chi connectivity index (χ2v) is 5.54. The predicted octanol–water partition coefficient (Wildman–Crippen LogP) is 1.18. The van der Waals surface area contributed by atoms with E-state index in [0.717, 1.165) is 31.9 Å². The molecule has 19 heavy (non-hydrogen) atoms. The van der Waals surface area contributed by atoms with Gasteiger partial charge in [-0.05, 0) is 27.2 Å². The Bertz CT molecular complexity index is 419. The molecule has 0 radical (unpaired) electrons. The van der Waals surface area contributed by atoms with Crippen LogP contribution in [0.3, 0.4) is 0 Å². The van der Waals surface area contributed by atoms with Gasteiger partial charge < -0.3 is 14.8 Å². The lowest BCUT2D eigenvalue weighted by Crippen LogP contribution is -2.55. The zero-order valence-electron chi connectivity index (χ0n) is 12.1. The minimum atomic E-state index is 0.276. The molecule has 1 aromatic rings. The van der Waals surface area contributed by atoms with Crippen molar-refractivity contribution in [3.05, 3.63) is 18.2 Å². The van der Waals surface area contributed by atoms with Crippen LogP contribution in [-0.2, 0) is 11.3 Å². The van der Waals surface area contributed by atoms with Crippen molar-refractivity contribution in [3.8, 4) is 0 Å². The summed E-state index contributed by atoms with van der Waals surface area (Å²) in [5.41, 5.74) is 0. The van der Waals surface area contributed by atoms with E-state index in [1.54, 1.807) is 6.20 Å². The number of nitrogens with zero attached hydrogens (tertiary/aromatic N) is 3. The van der Waals surface area contributed by atoms with E-state index in [1.165, 1.54) is 0 Å². The maximum Gasteiger partial charge on any atom is 0.222 e. The van der Waals surface area contributed by atoms with Crippen LogP contribution in [0.4, 0.5) is 0 Å². The van der Waals surface area contributed by atoms with E-state index >= 15 is 0 Å². The third-order valence-electron chi connectivity index (χ3n) is 3.62. The van der Waals surface area contributed by atoms with Crippen molar-refractivity contribution >= 4 is 5.91 Å². The molecular weight excluding hydrogens is 240 g/mol. The molecule has 1 amide bonds. The Morgan fingerprint density at radius 2 is 2.11 bits per heavy atom. The lowest BCUT2D eigenvalue weighted by Gasteiger charge is -2.36. The van der Waals surface area contributed by atoms with E-state index in [1.807, 2.05) is 18.0 Å². The smallest absolute Gasteiger partial charge is 0.222 e. The minimum absolute atomic E-state index is 0.276. The number of piperazine rings is 1. The first-order chi connectivity index (χ1) is 9.06. The van der Waals surface area contributed by atoms with Crippen LogP contribution in [0, 0.1) is 6.92 Å². The van der Waals surface area contributed by atoms with Crippen LogP contribution in [0.5, 0.6) is 0 Å². The molecule has 106 valence electrons. The van der Waals surface area contributed by atoms with Crippen LogP contribution in [0.2, 0.25) is 0 Å². The molecule has 2 heterocycles. The molecule has 0 bridgehead atoms. The summed E-state index contributed by atoms with van der Waals surface area (Å²) >= 11 is 0. The first-order valence-corrected chi connectivity index (χ1v) is 7.08. The van der Waals surface area contributed by atoms with Crippen LogP contribution in [0.15, 0.2) is 12.4 Å². The van der Waals surface area contributed by atoms with Gasteiger partial charge in [0.25, 0.3) is 0 Å². The number of carbonyl (C=O) groups is 1. The van der Waals surface area contributed by atoms with E-state index in [9.17, 15) is 4.79 Å². The highest BCUT2D eigenvalue weighted by Gasteiger charge is 2.24. The first kappa shape index (κ1) is 14.1. The van der Waals surface area contributed by atoms with Gasteiger partial charge in [0.2, 0.25) is 5.91 Å². The normalized spacial score (nSPS) is 23.6. The summed E-state index contributed by atoms with van der Waals surface area (Å²) in [6, 6.07) is 0.784. The number of imidazole rings is 1. The summed E-state index contributed by atoms with van der Waals surface area (Å²) in [5, 5.41) is 3.44. The molecule has 1 saturated heterocycles. The highest BCUT2D eigenvalue weighted by molar-refractivity contribution is 5.76. The second-order valence-electron chi connectivity index (χ2n) is 5.54. The van der Waals surface area contributed by atoms with Crippen molar-refractivity contribution in [1.82, 2.24) is 19.8 Å². The lowest BCUT2D eigenvalue weighted by atomic mass is 10.1. The third-order valence-corrected chi connectivity index (χ3v) is 3.62. The zero-order valence-corrected chi connectivity index (χ0v) is 12.1. The fraction of sp³-hybridized carbons (Fsp3) is 0.714. The van der Waals surface area contributed by atoms with Crippen molar-refractivity contribution in [3.63, 3.8) is 0 Å². The van der Waals surface area contributed by atoms with Gasteiger partial charge in [0.05, 0.1) is 0 Å². The molecular formula is C14H24N4O. The average Bonchev–Trinajstić information content (AvgIpc) is 2.74. The van der Waals surface area contributed by atoms with Gasteiger partial charge >= 0.3 is 0 Å². The molecule has 1 N–H and O–H groups in total. The number of aryl methyl sites for hydroxylation is 2. The number of rotatable bonds is 4. The molecule has 0 spiro atoms. The summed E-state index contributed by atoms with van der Waals surface area (Å²) in [6.07, 6.45) is 5.27. The van der Waals surface area contributed by atoms with Crippen LogP contribution >= 0.6 is 0 Å². The molecule has 1 fully saturated rings. The molecule has 1 aromatic heterocycles. The number of hydrogen-bond donors (Lipinski definition) is 1. The molecule has 0 saturated carbocycles. The zero-order chi connectivity index (χ0) is 13.8. The van der Waals surface area contributed by atoms with Gasteiger partial charge in [0.1, 0.15) is 5.82 Å². The molecule has 5 nitrogen and oxygen atoms in total. The van der Waals surface area contributed by atoms with E-state index in [2.05, 4.69) is 28.7 Å². The van der Waals surface area contributed by atoms with Crippen molar-refractivity contribution in [2.24, 2.45) is 0 Å². The van der Waals surface area contributed by atoms with Crippen LogP contribution in [0.1, 0.15) is 32.5 Å². The molecule has 0 aromatic carbocycles. The predicted molar refractivity (Wildman–Crippen MR) is 74.8 cm³/mol. The summed E-state index contributed by atoms with van der Waals surface area (Å²) < 4.78 is 2.09. The average molecular weight is 264 g/mol. The molecule has 5 heteroatoms. The maximum absolute atomic E-state index is 12.2. The molecule has 0 aliphatic carbocycles. The number of aromatic nitrogens is 2. The number of carbonyl (C=O) groups excluding carboxylic acids is 1. The van der Waals surface area contributed by atoms with Gasteiger partial charge in [-0.1, -0.05) is 0 Å². The molecule has 1 aliphatic heterocycles. The number of nitrogens with one attached hydrogen (secondary N) is 1. The van der Waals surface area contributed by atoms with E-state index < -0.39 is 0 Å². The van der Waals surface area contributed by atoms with Gasteiger partial charge in [-0.25, -0.2) is 4.98 Å². The minimum Gasteiger partial charge on any atom is -0.340 e. The Morgan fingerprint density at radius 3 is 2.68 bits per heavy atom. The van der Waals surface area contributed by atoms with Gasteiger partial charge in [0.15, 0.2) is 0 Å². The Balaban J connectivity index is 1.76. The second kappa shape index (κ2) is 6.19. The molecule has 1 aliphatic rings.